The first-order valence-electron chi connectivity index (χ1n) is 12.4. The van der Waals surface area contributed by atoms with E-state index < -0.39 is 12.8 Å². The van der Waals surface area contributed by atoms with Gasteiger partial charge < -0.3 is 19.5 Å². The fourth-order valence-corrected chi connectivity index (χ4v) is 4.19. The summed E-state index contributed by atoms with van der Waals surface area (Å²) in [5, 5.41) is 11.7. The maximum Gasteiger partial charge on any atom is 0.422 e. The molecule has 14 heteroatoms. The van der Waals surface area contributed by atoms with E-state index >= 15 is 0 Å². The third-order valence-electron chi connectivity index (χ3n) is 6.28. The number of ether oxygens (including phenoxy) is 3. The molecule has 0 radical (unpaired) electrons. The summed E-state index contributed by atoms with van der Waals surface area (Å²) in [4.78, 5) is 13.4. The zero-order valence-electron chi connectivity index (χ0n) is 21.1. The van der Waals surface area contributed by atoms with Crippen LogP contribution in [-0.2, 0) is 7.05 Å². The molecule has 1 saturated carbocycles. The standard InChI is InChI=1S/C25H25F3N8O3/c1-14-6-8-37-24-17(11-31-35(24)2)22-29-7-5-20(33-22)32-21-9-19(39-14)16(10-30-21)18-12-36(15-3-4-15)34-23(18)38-13-25(26,27)28/h5,7,9-12,14-15H,3-4,6,8,13H2,1-2H3,(H,29,30,32,33)/t14-/m0/s1. The van der Waals surface area contributed by atoms with E-state index in [0.717, 1.165) is 12.8 Å². The Kier molecular flexibility index (Phi) is 6.23. The Morgan fingerprint density at radius 1 is 1.10 bits per heavy atom. The summed E-state index contributed by atoms with van der Waals surface area (Å²) in [6, 6.07) is 3.50. The van der Waals surface area contributed by atoms with Crippen LogP contribution in [0.25, 0.3) is 22.5 Å². The first-order chi connectivity index (χ1) is 18.7. The average Bonchev–Trinajstić information content (AvgIpc) is 3.55. The Hall–Kier alpha value is -4.36. The van der Waals surface area contributed by atoms with E-state index in [-0.39, 0.29) is 18.0 Å². The van der Waals surface area contributed by atoms with E-state index in [1.165, 1.54) is 6.20 Å². The zero-order chi connectivity index (χ0) is 27.1. The van der Waals surface area contributed by atoms with Crippen molar-refractivity contribution in [3.8, 4) is 40.0 Å². The molecule has 4 bridgehead atoms. The Labute approximate surface area is 221 Å². The molecule has 0 aromatic carbocycles. The minimum absolute atomic E-state index is 0.124. The Morgan fingerprint density at radius 3 is 2.74 bits per heavy atom. The lowest BCUT2D eigenvalue weighted by Crippen LogP contribution is -2.20. The Morgan fingerprint density at radius 2 is 1.95 bits per heavy atom. The summed E-state index contributed by atoms with van der Waals surface area (Å²) in [6.45, 7) is 0.750. The summed E-state index contributed by atoms with van der Waals surface area (Å²) in [5.41, 5.74) is 1.48. The molecule has 39 heavy (non-hydrogen) atoms. The monoisotopic (exact) mass is 542 g/mol. The highest BCUT2D eigenvalue weighted by Gasteiger charge is 2.32. The van der Waals surface area contributed by atoms with Gasteiger partial charge in [-0.15, -0.1) is 5.10 Å². The van der Waals surface area contributed by atoms with Crippen LogP contribution in [0.3, 0.4) is 0 Å². The van der Waals surface area contributed by atoms with Gasteiger partial charge in [-0.1, -0.05) is 0 Å². The van der Waals surface area contributed by atoms with Crippen molar-refractivity contribution in [1.82, 2.24) is 34.5 Å². The van der Waals surface area contributed by atoms with Gasteiger partial charge in [-0.3, -0.25) is 4.68 Å². The molecule has 0 saturated heterocycles. The molecule has 2 aliphatic rings. The largest absolute Gasteiger partial charge is 0.490 e. The van der Waals surface area contributed by atoms with Crippen LogP contribution in [0, 0.1) is 0 Å². The fourth-order valence-electron chi connectivity index (χ4n) is 4.19. The minimum atomic E-state index is -4.50. The van der Waals surface area contributed by atoms with Crippen molar-refractivity contribution in [2.24, 2.45) is 7.05 Å². The molecule has 1 atom stereocenters. The van der Waals surface area contributed by atoms with Gasteiger partial charge in [-0.05, 0) is 25.8 Å². The van der Waals surface area contributed by atoms with E-state index in [0.29, 0.717) is 58.8 Å². The Balaban J connectivity index is 1.39. The van der Waals surface area contributed by atoms with Gasteiger partial charge >= 0.3 is 6.18 Å². The zero-order valence-corrected chi connectivity index (χ0v) is 21.1. The van der Waals surface area contributed by atoms with Gasteiger partial charge in [0.05, 0.1) is 30.5 Å². The molecule has 1 N–H and O–H groups in total. The number of rotatable bonds is 4. The molecule has 1 aliphatic carbocycles. The van der Waals surface area contributed by atoms with Crippen molar-refractivity contribution < 1.29 is 27.4 Å². The van der Waals surface area contributed by atoms with Crippen molar-refractivity contribution in [3.05, 3.63) is 36.9 Å². The lowest BCUT2D eigenvalue weighted by molar-refractivity contribution is -0.154. The molecule has 11 nitrogen and oxygen atoms in total. The summed E-state index contributed by atoms with van der Waals surface area (Å²) >= 11 is 0. The van der Waals surface area contributed by atoms with E-state index in [2.05, 4.69) is 30.5 Å². The van der Waals surface area contributed by atoms with Gasteiger partial charge in [-0.25, -0.2) is 19.6 Å². The van der Waals surface area contributed by atoms with Crippen LogP contribution >= 0.6 is 0 Å². The third kappa shape index (κ3) is 5.45. The number of fused-ring (bicyclic) bond motifs is 6. The first kappa shape index (κ1) is 24.9. The number of pyridine rings is 1. The molecule has 0 unspecified atom stereocenters. The van der Waals surface area contributed by atoms with Crippen LogP contribution in [0.15, 0.2) is 36.9 Å². The van der Waals surface area contributed by atoms with Crippen LogP contribution < -0.4 is 19.5 Å². The average molecular weight is 543 g/mol. The van der Waals surface area contributed by atoms with Crippen LogP contribution in [0.4, 0.5) is 24.8 Å². The molecule has 4 aromatic rings. The first-order valence-corrected chi connectivity index (χ1v) is 12.4. The SMILES string of the molecule is C[C@H]1CCOc2c(cnn2C)-c2nccc(n2)Nc2cc(c(-c3cn(C4CC4)nc3OCC(F)(F)F)cn2)O1. The summed E-state index contributed by atoms with van der Waals surface area (Å²) in [6.07, 6.45) is 3.97. The number of alkyl halides is 3. The number of aromatic nitrogens is 7. The lowest BCUT2D eigenvalue weighted by atomic mass is 10.1. The van der Waals surface area contributed by atoms with Gasteiger partial charge in [0.2, 0.25) is 11.8 Å². The Bertz CT molecular complexity index is 1500. The number of nitrogens with one attached hydrogen (secondary N) is 1. The minimum Gasteiger partial charge on any atom is -0.490 e. The highest BCUT2D eigenvalue weighted by atomic mass is 19.4. The molecule has 6 rings (SSSR count). The van der Waals surface area contributed by atoms with Gasteiger partial charge in [0, 0.05) is 43.7 Å². The second kappa shape index (κ2) is 9.75. The van der Waals surface area contributed by atoms with E-state index in [9.17, 15) is 13.2 Å². The summed E-state index contributed by atoms with van der Waals surface area (Å²) < 4.78 is 59.6. The highest BCUT2D eigenvalue weighted by molar-refractivity contribution is 5.75. The van der Waals surface area contributed by atoms with Gasteiger partial charge in [0.25, 0.3) is 0 Å². The van der Waals surface area contributed by atoms with Crippen LogP contribution in [0.2, 0.25) is 0 Å². The normalized spacial score (nSPS) is 17.3. The summed E-state index contributed by atoms with van der Waals surface area (Å²) in [7, 11) is 1.77. The molecular weight excluding hydrogens is 517 g/mol. The van der Waals surface area contributed by atoms with Crippen molar-refractivity contribution in [1.29, 1.82) is 0 Å². The molecule has 204 valence electrons. The van der Waals surface area contributed by atoms with Gasteiger partial charge in [0.1, 0.15) is 22.9 Å². The number of halogens is 3. The number of nitrogens with zero attached hydrogens (tertiary/aromatic N) is 7. The number of aryl methyl sites for hydroxylation is 1. The molecule has 0 spiro atoms. The van der Waals surface area contributed by atoms with E-state index in [4.69, 9.17) is 14.2 Å². The predicted octanol–water partition coefficient (Wildman–Crippen LogP) is 4.71. The fraction of sp³-hybridized carbons (Fsp3) is 0.400. The molecule has 0 amide bonds. The molecular formula is C25H25F3N8O3. The van der Waals surface area contributed by atoms with Crippen molar-refractivity contribution in [2.45, 2.75) is 44.5 Å². The number of hydrogen-bond donors (Lipinski definition) is 1. The lowest BCUT2D eigenvalue weighted by Gasteiger charge is -2.19. The second-order valence-electron chi connectivity index (χ2n) is 9.47. The van der Waals surface area contributed by atoms with E-state index in [1.807, 2.05) is 6.92 Å². The van der Waals surface area contributed by atoms with Crippen molar-refractivity contribution in [3.63, 3.8) is 0 Å². The highest BCUT2D eigenvalue weighted by Crippen LogP contribution is 2.42. The quantitative estimate of drug-likeness (QED) is 0.392. The van der Waals surface area contributed by atoms with E-state index in [1.54, 1.807) is 47.1 Å². The van der Waals surface area contributed by atoms with Crippen LogP contribution in [0.5, 0.6) is 17.5 Å². The summed E-state index contributed by atoms with van der Waals surface area (Å²) in [5.74, 6) is 2.13. The topological polar surface area (TPSA) is 114 Å². The van der Waals surface area contributed by atoms with Crippen molar-refractivity contribution in [2.75, 3.05) is 18.5 Å². The molecule has 1 aliphatic heterocycles. The maximum atomic E-state index is 13.0. The number of anilines is 2. The molecule has 1 fully saturated rings. The van der Waals surface area contributed by atoms with Gasteiger partial charge in [-0.2, -0.15) is 18.3 Å². The van der Waals surface area contributed by atoms with Gasteiger partial charge in [0.15, 0.2) is 12.4 Å². The second-order valence-corrected chi connectivity index (χ2v) is 9.47. The third-order valence-corrected chi connectivity index (χ3v) is 6.28. The molecule has 4 aromatic heterocycles. The smallest absolute Gasteiger partial charge is 0.422 e. The van der Waals surface area contributed by atoms with Crippen molar-refractivity contribution >= 4 is 11.6 Å². The van der Waals surface area contributed by atoms with Crippen LogP contribution in [-0.4, -0.2) is 60.0 Å². The predicted molar refractivity (Wildman–Crippen MR) is 133 cm³/mol. The molecule has 5 heterocycles. The number of hydrogen-bond acceptors (Lipinski definition) is 9. The van der Waals surface area contributed by atoms with Crippen LogP contribution in [0.1, 0.15) is 32.2 Å². The maximum absolute atomic E-state index is 13.0.